The maximum atomic E-state index is 12.0. The van der Waals surface area contributed by atoms with E-state index in [0.29, 0.717) is 17.8 Å². The third-order valence-electron chi connectivity index (χ3n) is 9.32. The molecular weight excluding hydrogens is 412 g/mol. The number of rotatable bonds is 8. The van der Waals surface area contributed by atoms with Crippen molar-refractivity contribution in [3.63, 3.8) is 0 Å². The van der Waals surface area contributed by atoms with Crippen LogP contribution in [0.1, 0.15) is 71.6 Å². The summed E-state index contributed by atoms with van der Waals surface area (Å²) in [6.07, 6.45) is 14.6. The Balaban J connectivity index is 1.45. The molecule has 0 aromatic carbocycles. The summed E-state index contributed by atoms with van der Waals surface area (Å²) in [4.78, 5) is 0. The first-order valence-corrected chi connectivity index (χ1v) is 16.6. The Morgan fingerprint density at radius 2 is 1.97 bits per heavy atom. The Labute approximate surface area is 197 Å². The molecule has 6 atom stereocenters. The van der Waals surface area contributed by atoms with Crippen molar-refractivity contribution in [3.05, 3.63) is 35.6 Å². The van der Waals surface area contributed by atoms with Crippen LogP contribution in [0.25, 0.3) is 0 Å². The molecule has 1 N–H and O–H groups in total. The zero-order valence-corrected chi connectivity index (χ0v) is 22.2. The lowest BCUT2D eigenvalue weighted by atomic mass is 9.51. The minimum absolute atomic E-state index is 0.0305. The van der Waals surface area contributed by atoms with Crippen LogP contribution in [-0.2, 0) is 9.16 Å². The monoisotopic (exact) mass is 458 g/mol. The average Bonchev–Trinajstić information content (AvgIpc) is 3.02. The van der Waals surface area contributed by atoms with Crippen LogP contribution < -0.4 is 0 Å². The molecule has 2 saturated carbocycles. The van der Waals surface area contributed by atoms with Gasteiger partial charge in [0.1, 0.15) is 0 Å². The number of hydrogen-bond acceptors (Lipinski definition) is 3. The molecule has 4 aliphatic rings. The fourth-order valence-electron chi connectivity index (χ4n) is 7.70. The highest BCUT2D eigenvalue weighted by Crippen LogP contribution is 2.66. The predicted octanol–water partition coefficient (Wildman–Crippen LogP) is 7.01. The molecule has 0 saturated heterocycles. The molecule has 2 fully saturated rings. The van der Waals surface area contributed by atoms with Crippen molar-refractivity contribution in [2.75, 3.05) is 13.2 Å². The van der Waals surface area contributed by atoms with Crippen LogP contribution in [0, 0.1) is 29.1 Å². The Morgan fingerprint density at radius 3 is 2.69 bits per heavy atom. The summed E-state index contributed by atoms with van der Waals surface area (Å²) in [6, 6.07) is 0. The molecule has 0 bridgehead atoms. The van der Waals surface area contributed by atoms with E-state index in [2.05, 4.69) is 52.2 Å². The Kier molecular flexibility index (Phi) is 6.89. The predicted molar refractivity (Wildman–Crippen MR) is 135 cm³/mol. The quantitative estimate of drug-likeness (QED) is 0.241. The van der Waals surface area contributed by atoms with Gasteiger partial charge in [-0.3, -0.25) is 0 Å². The minimum atomic E-state index is -1.47. The molecule has 0 amide bonds. The second-order valence-corrected chi connectivity index (χ2v) is 16.6. The van der Waals surface area contributed by atoms with Gasteiger partial charge in [0.05, 0.1) is 18.0 Å². The zero-order chi connectivity index (χ0) is 23.1. The number of fused-ring (bicyclic) bond motifs is 5. The van der Waals surface area contributed by atoms with Crippen molar-refractivity contribution >= 4 is 8.32 Å². The normalized spacial score (nSPS) is 38.8. The summed E-state index contributed by atoms with van der Waals surface area (Å²) >= 11 is 0. The largest absolute Gasteiger partial charge is 0.498 e. The summed E-state index contributed by atoms with van der Waals surface area (Å²) in [6.45, 7) is 17.2. The molecule has 0 aliphatic heterocycles. The Bertz CT molecular complexity index is 778. The first-order valence-electron chi connectivity index (χ1n) is 13.2. The number of hydrogen-bond donors (Lipinski definition) is 1. The fraction of sp³-hybridized carbons (Fsp3) is 0.786. The van der Waals surface area contributed by atoms with Crippen LogP contribution >= 0.6 is 0 Å². The van der Waals surface area contributed by atoms with Crippen molar-refractivity contribution in [2.45, 2.75) is 96.9 Å². The van der Waals surface area contributed by atoms with Gasteiger partial charge >= 0.3 is 0 Å². The van der Waals surface area contributed by atoms with Gasteiger partial charge in [-0.2, -0.15) is 0 Å². The lowest BCUT2D eigenvalue weighted by Crippen LogP contribution is -2.53. The number of allylic oxidation sites excluding steroid dienone is 4. The second kappa shape index (κ2) is 9.07. The van der Waals surface area contributed by atoms with Gasteiger partial charge in [-0.05, 0) is 119 Å². The molecular formula is C28H46O3Si. The van der Waals surface area contributed by atoms with Gasteiger partial charge < -0.3 is 14.3 Å². The van der Waals surface area contributed by atoms with E-state index < -0.39 is 13.9 Å². The van der Waals surface area contributed by atoms with E-state index in [1.54, 1.807) is 0 Å². The van der Waals surface area contributed by atoms with Crippen LogP contribution in [0.5, 0.6) is 0 Å². The van der Waals surface area contributed by atoms with Gasteiger partial charge in [0.25, 0.3) is 0 Å². The van der Waals surface area contributed by atoms with Gasteiger partial charge in [-0.1, -0.05) is 19.6 Å². The first kappa shape index (κ1) is 24.3. The van der Waals surface area contributed by atoms with E-state index >= 15 is 0 Å². The maximum Gasteiger partial charge on any atom is 0.183 e. The van der Waals surface area contributed by atoms with Gasteiger partial charge in [0, 0.05) is 18.4 Å². The first-order chi connectivity index (χ1) is 15.1. The number of ether oxygens (including phenoxy) is 1. The molecule has 4 rings (SSSR count). The molecule has 0 radical (unpaired) electrons. The van der Waals surface area contributed by atoms with E-state index in [1.165, 1.54) is 30.6 Å². The molecule has 0 aromatic heterocycles. The van der Waals surface area contributed by atoms with Crippen molar-refractivity contribution in [1.29, 1.82) is 0 Å². The third kappa shape index (κ3) is 4.32. The van der Waals surface area contributed by atoms with E-state index in [4.69, 9.17) is 9.16 Å². The van der Waals surface area contributed by atoms with Crippen LogP contribution in [-0.4, -0.2) is 32.2 Å². The Morgan fingerprint density at radius 1 is 1.19 bits per heavy atom. The summed E-state index contributed by atoms with van der Waals surface area (Å²) in [7, 11) is -1.47. The molecule has 0 aromatic rings. The zero-order valence-electron chi connectivity index (χ0n) is 21.2. The van der Waals surface area contributed by atoms with E-state index in [9.17, 15) is 5.11 Å². The van der Waals surface area contributed by atoms with Crippen molar-refractivity contribution < 1.29 is 14.3 Å². The summed E-state index contributed by atoms with van der Waals surface area (Å²) in [5, 5.41) is 12.0. The topological polar surface area (TPSA) is 38.7 Å². The summed E-state index contributed by atoms with van der Waals surface area (Å²) < 4.78 is 11.9. The maximum absolute atomic E-state index is 12.0. The lowest BCUT2D eigenvalue weighted by Gasteiger charge is -2.55. The summed E-state index contributed by atoms with van der Waals surface area (Å²) in [5.41, 5.74) is 1.86. The van der Waals surface area contributed by atoms with Gasteiger partial charge in [-0.25, -0.2) is 0 Å². The molecule has 0 spiro atoms. The van der Waals surface area contributed by atoms with Crippen molar-refractivity contribution in [1.82, 2.24) is 0 Å². The average molecular weight is 459 g/mol. The third-order valence-corrected chi connectivity index (χ3v) is 10.4. The van der Waals surface area contributed by atoms with Crippen molar-refractivity contribution in [2.24, 2.45) is 29.1 Å². The Hall–Kier alpha value is -0.843. The molecule has 180 valence electrons. The summed E-state index contributed by atoms with van der Waals surface area (Å²) in [5.74, 6) is 3.96. The van der Waals surface area contributed by atoms with E-state index in [0.717, 1.165) is 63.2 Å². The van der Waals surface area contributed by atoms with Gasteiger partial charge in [0.2, 0.25) is 0 Å². The highest BCUT2D eigenvalue weighted by Gasteiger charge is 2.62. The van der Waals surface area contributed by atoms with Gasteiger partial charge in [-0.15, -0.1) is 0 Å². The molecule has 0 heterocycles. The SMILES string of the molecule is C=C(CCCO[Si](C)(C)C)[C@]1(O)CC[C@H]2[C@@H]3CC=C4C=C(OCC)CC[C@@H]4[C@H]3CC[C@@]21C. The lowest BCUT2D eigenvalue weighted by molar-refractivity contribution is -0.0934. The van der Waals surface area contributed by atoms with Crippen LogP contribution in [0.2, 0.25) is 19.6 Å². The highest BCUT2D eigenvalue weighted by molar-refractivity contribution is 6.69. The number of aliphatic hydroxyl groups is 1. The van der Waals surface area contributed by atoms with Crippen LogP contribution in [0.4, 0.5) is 0 Å². The molecule has 3 nitrogen and oxygen atoms in total. The van der Waals surface area contributed by atoms with Crippen LogP contribution in [0.3, 0.4) is 0 Å². The smallest absolute Gasteiger partial charge is 0.183 e. The minimum Gasteiger partial charge on any atom is -0.498 e. The molecule has 32 heavy (non-hydrogen) atoms. The highest BCUT2D eigenvalue weighted by atomic mass is 28.4. The molecule has 4 aliphatic carbocycles. The molecule has 0 unspecified atom stereocenters. The molecule has 4 heteroatoms. The van der Waals surface area contributed by atoms with Crippen LogP contribution in [0.15, 0.2) is 35.6 Å². The van der Waals surface area contributed by atoms with E-state index in [-0.39, 0.29) is 5.41 Å². The van der Waals surface area contributed by atoms with Crippen molar-refractivity contribution in [3.8, 4) is 0 Å². The fourth-order valence-corrected chi connectivity index (χ4v) is 8.45. The van der Waals surface area contributed by atoms with E-state index in [1.807, 2.05) is 0 Å². The second-order valence-electron chi connectivity index (χ2n) is 12.1. The standard InChI is InChI=1S/C28H46O3Si/c1-7-30-22-11-13-23-21(19-22)10-12-25-24(23)14-16-27(3)26(25)15-17-28(27,29)20(2)9-8-18-31-32(4,5)6/h10,19,23-26,29H,2,7-9,11-18H2,1,3-6H3/t23-,24+,25+,26-,27-,28+/m0/s1. The van der Waals surface area contributed by atoms with Gasteiger partial charge in [0.15, 0.2) is 8.32 Å².